The summed E-state index contributed by atoms with van der Waals surface area (Å²) >= 11 is 3.53. The number of rotatable bonds is 4. The predicted molar refractivity (Wildman–Crippen MR) is 120 cm³/mol. The average Bonchev–Trinajstić information content (AvgIpc) is 2.78. The fourth-order valence-electron chi connectivity index (χ4n) is 3.62. The normalized spacial score (nSPS) is 18.5. The number of esters is 1. The number of hydrogen-bond donors (Lipinski definition) is 2. The average molecular weight is 465 g/mol. The van der Waals surface area contributed by atoms with E-state index < -0.39 is 0 Å². The first-order chi connectivity index (χ1) is 14.5. The molecule has 0 unspecified atom stereocenters. The molecule has 0 saturated heterocycles. The molecule has 6 heteroatoms. The minimum Gasteiger partial charge on any atom is -0.508 e. The Balaban J connectivity index is 1.73. The molecule has 5 nitrogen and oxygen atoms in total. The van der Waals surface area contributed by atoms with Gasteiger partial charge < -0.3 is 9.84 Å². The van der Waals surface area contributed by atoms with Gasteiger partial charge in [-0.1, -0.05) is 58.4 Å². The summed E-state index contributed by atoms with van der Waals surface area (Å²) in [4.78, 5) is 16.7. The number of ether oxygens (including phenoxy) is 1. The van der Waals surface area contributed by atoms with Crippen LogP contribution in [-0.4, -0.2) is 23.9 Å². The van der Waals surface area contributed by atoms with Gasteiger partial charge in [0.25, 0.3) is 0 Å². The lowest BCUT2D eigenvalue weighted by molar-refractivity contribution is 0.0600. The van der Waals surface area contributed by atoms with Gasteiger partial charge in [-0.05, 0) is 41.5 Å². The van der Waals surface area contributed by atoms with Gasteiger partial charge in [-0.2, -0.15) is 0 Å². The molecule has 0 fully saturated rings. The van der Waals surface area contributed by atoms with Crippen molar-refractivity contribution in [3.05, 3.63) is 99.5 Å². The van der Waals surface area contributed by atoms with Crippen molar-refractivity contribution in [1.29, 1.82) is 0 Å². The van der Waals surface area contributed by atoms with E-state index >= 15 is 0 Å². The summed E-state index contributed by atoms with van der Waals surface area (Å²) in [5, 5.41) is 13.9. The Hall–Kier alpha value is -2.96. The topological polar surface area (TPSA) is 70.9 Å². The Labute approximate surface area is 183 Å². The third kappa shape index (κ3) is 4.30. The van der Waals surface area contributed by atoms with Crippen LogP contribution in [0.25, 0.3) is 0 Å². The number of halogens is 1. The molecule has 0 bridgehead atoms. The number of carbonyl (C=O) groups excluding carboxylic acids is 1. The molecule has 4 rings (SSSR count). The number of nitrogens with one attached hydrogen (secondary N) is 1. The quantitative estimate of drug-likeness (QED) is 0.522. The number of phenolic OH excluding ortho intramolecular Hbond substituents is 1. The first-order valence-corrected chi connectivity index (χ1v) is 10.4. The highest BCUT2D eigenvalue weighted by Gasteiger charge is 2.27. The van der Waals surface area contributed by atoms with Gasteiger partial charge in [0, 0.05) is 28.2 Å². The number of benzene rings is 3. The summed E-state index contributed by atoms with van der Waals surface area (Å²) in [6, 6.07) is 22.5. The fourth-order valence-corrected chi connectivity index (χ4v) is 4.02. The Morgan fingerprint density at radius 3 is 2.57 bits per heavy atom. The van der Waals surface area contributed by atoms with Crippen LogP contribution in [0, 0.1) is 0 Å². The van der Waals surface area contributed by atoms with Gasteiger partial charge in [-0.3, -0.25) is 10.3 Å². The largest absolute Gasteiger partial charge is 0.508 e. The summed E-state index contributed by atoms with van der Waals surface area (Å²) in [6.45, 7) is 0. The van der Waals surface area contributed by atoms with Crippen LogP contribution in [-0.2, 0) is 4.74 Å². The number of hydrogen-bond acceptors (Lipinski definition) is 5. The second-order valence-corrected chi connectivity index (χ2v) is 8.00. The number of methoxy groups -OCH3 is 1. The molecule has 30 heavy (non-hydrogen) atoms. The molecule has 3 aromatic carbocycles. The third-order valence-electron chi connectivity index (χ3n) is 5.16. The predicted octanol–water partition coefficient (Wildman–Crippen LogP) is 5.16. The van der Waals surface area contributed by atoms with E-state index in [9.17, 15) is 9.90 Å². The summed E-state index contributed by atoms with van der Waals surface area (Å²) in [7, 11) is 1.37. The van der Waals surface area contributed by atoms with E-state index in [4.69, 9.17) is 9.73 Å². The third-order valence-corrected chi connectivity index (χ3v) is 5.65. The molecule has 2 atom stereocenters. The standard InChI is InChI=1S/C24H21BrN2O3/c1-30-24(29)16-11-9-15(10-12-16)23-26-20(17-5-4-6-18(25)13-17)14-21(27-23)19-7-2-3-8-22(19)28/h2-13,21,23,27-28H,14H2,1H3/t21-,23+/m1/s1. The minimum atomic E-state index is -0.372. The second-order valence-electron chi connectivity index (χ2n) is 7.08. The highest BCUT2D eigenvalue weighted by atomic mass is 79.9. The number of aliphatic imine (C=N–C) groups is 1. The fraction of sp³-hybridized carbons (Fsp3) is 0.167. The lowest BCUT2D eigenvalue weighted by Gasteiger charge is -2.31. The second kappa shape index (κ2) is 8.81. The van der Waals surface area contributed by atoms with Crippen molar-refractivity contribution in [2.45, 2.75) is 18.6 Å². The molecule has 0 radical (unpaired) electrons. The van der Waals surface area contributed by atoms with Gasteiger partial charge >= 0.3 is 5.97 Å². The Bertz CT molecular complexity index is 1100. The smallest absolute Gasteiger partial charge is 0.337 e. The van der Waals surface area contributed by atoms with Crippen LogP contribution in [0.2, 0.25) is 0 Å². The van der Waals surface area contributed by atoms with Gasteiger partial charge in [0.15, 0.2) is 0 Å². The highest BCUT2D eigenvalue weighted by Crippen LogP contribution is 2.34. The van der Waals surface area contributed by atoms with Crippen molar-refractivity contribution in [3.8, 4) is 5.75 Å². The summed E-state index contributed by atoms with van der Waals surface area (Å²) in [6.07, 6.45) is 0.328. The molecule has 0 saturated carbocycles. The monoisotopic (exact) mass is 464 g/mol. The maximum Gasteiger partial charge on any atom is 0.337 e. The van der Waals surface area contributed by atoms with E-state index in [-0.39, 0.29) is 23.9 Å². The van der Waals surface area contributed by atoms with E-state index in [0.717, 1.165) is 26.9 Å². The van der Waals surface area contributed by atoms with Gasteiger partial charge in [-0.15, -0.1) is 0 Å². The maximum absolute atomic E-state index is 11.7. The Morgan fingerprint density at radius 2 is 1.87 bits per heavy atom. The van der Waals surface area contributed by atoms with E-state index in [2.05, 4.69) is 21.2 Å². The molecule has 1 aliphatic heterocycles. The molecular weight excluding hydrogens is 444 g/mol. The highest BCUT2D eigenvalue weighted by molar-refractivity contribution is 9.10. The number of aromatic hydroxyl groups is 1. The van der Waals surface area contributed by atoms with Crippen LogP contribution in [0.1, 0.15) is 45.7 Å². The summed E-state index contributed by atoms with van der Waals surface area (Å²) in [5.41, 5.74) is 4.23. The maximum atomic E-state index is 11.7. The molecule has 152 valence electrons. The zero-order chi connectivity index (χ0) is 21.1. The van der Waals surface area contributed by atoms with Crippen molar-refractivity contribution in [1.82, 2.24) is 5.32 Å². The molecule has 1 aliphatic rings. The summed E-state index contributed by atoms with van der Waals surface area (Å²) in [5.74, 6) is -0.117. The SMILES string of the molecule is COC(=O)c1ccc([C@H]2N=C(c3cccc(Br)c3)C[C@H](c3ccccc3O)N2)cc1. The Kier molecular flexibility index (Phi) is 5.97. The van der Waals surface area contributed by atoms with E-state index in [0.29, 0.717) is 12.0 Å². The van der Waals surface area contributed by atoms with Crippen LogP contribution in [0.5, 0.6) is 5.75 Å². The minimum absolute atomic E-state index is 0.108. The first kappa shape index (κ1) is 20.3. The molecule has 0 aliphatic carbocycles. The summed E-state index contributed by atoms with van der Waals surface area (Å²) < 4.78 is 5.77. The van der Waals surface area contributed by atoms with Gasteiger partial charge in [0.2, 0.25) is 0 Å². The van der Waals surface area contributed by atoms with Crippen LogP contribution in [0.4, 0.5) is 0 Å². The number of nitrogens with zero attached hydrogens (tertiary/aromatic N) is 1. The van der Waals surface area contributed by atoms with E-state index in [1.54, 1.807) is 18.2 Å². The van der Waals surface area contributed by atoms with Crippen LogP contribution < -0.4 is 5.32 Å². The number of phenols is 1. The first-order valence-electron chi connectivity index (χ1n) is 9.60. The lowest BCUT2D eigenvalue weighted by atomic mass is 9.93. The number of carbonyl (C=O) groups is 1. The number of para-hydroxylation sites is 1. The van der Waals surface area contributed by atoms with Crippen molar-refractivity contribution in [3.63, 3.8) is 0 Å². The molecule has 2 N–H and O–H groups in total. The molecule has 0 spiro atoms. The van der Waals surface area contributed by atoms with Crippen molar-refractivity contribution < 1.29 is 14.6 Å². The molecule has 1 heterocycles. The van der Waals surface area contributed by atoms with Gasteiger partial charge in [-0.25, -0.2) is 4.79 Å². The van der Waals surface area contributed by atoms with Gasteiger partial charge in [0.1, 0.15) is 11.9 Å². The van der Waals surface area contributed by atoms with Crippen molar-refractivity contribution in [2.24, 2.45) is 4.99 Å². The van der Waals surface area contributed by atoms with Crippen LogP contribution >= 0.6 is 15.9 Å². The lowest BCUT2D eigenvalue weighted by Crippen LogP contribution is -2.33. The van der Waals surface area contributed by atoms with Crippen molar-refractivity contribution in [2.75, 3.05) is 7.11 Å². The Morgan fingerprint density at radius 1 is 1.10 bits per heavy atom. The van der Waals surface area contributed by atoms with Gasteiger partial charge in [0.05, 0.1) is 12.7 Å². The van der Waals surface area contributed by atoms with E-state index in [1.807, 2.05) is 54.6 Å². The molecule has 0 aromatic heterocycles. The van der Waals surface area contributed by atoms with Crippen LogP contribution in [0.3, 0.4) is 0 Å². The van der Waals surface area contributed by atoms with Crippen molar-refractivity contribution >= 4 is 27.6 Å². The molecule has 0 amide bonds. The zero-order valence-corrected chi connectivity index (χ0v) is 18.0. The van der Waals surface area contributed by atoms with E-state index in [1.165, 1.54) is 7.11 Å². The zero-order valence-electron chi connectivity index (χ0n) is 16.4. The molecule has 3 aromatic rings. The molecular formula is C24H21BrN2O3. The van der Waals surface area contributed by atoms with Crippen LogP contribution in [0.15, 0.2) is 82.3 Å².